The fraction of sp³-hybridized carbons (Fsp3) is 0.700. The Labute approximate surface area is 168 Å². The van der Waals surface area contributed by atoms with Crippen LogP contribution < -0.4 is 5.46 Å². The first-order valence-electron chi connectivity index (χ1n) is 16.7. The van der Waals surface area contributed by atoms with Crippen molar-refractivity contribution in [3.05, 3.63) is 29.3 Å². The minimum atomic E-state index is -4.37. The third-order valence-electron chi connectivity index (χ3n) is 4.51. The lowest BCUT2D eigenvalue weighted by atomic mass is 9.61. The second kappa shape index (κ2) is 4.86. The zero-order valence-corrected chi connectivity index (χ0v) is 13.4. The Morgan fingerprint density at radius 1 is 0.957 bits per heavy atom. The van der Waals surface area contributed by atoms with E-state index in [0.29, 0.717) is 0 Å². The summed E-state index contributed by atoms with van der Waals surface area (Å²) < 4.78 is 173. The molecule has 23 heavy (non-hydrogen) atoms. The van der Waals surface area contributed by atoms with Crippen molar-refractivity contribution >= 4 is 12.6 Å². The summed E-state index contributed by atoms with van der Waals surface area (Å²) in [5.74, 6) is 0. The largest absolute Gasteiger partial charge is 0.494 e. The van der Waals surface area contributed by atoms with Crippen LogP contribution >= 0.6 is 0 Å². The molecule has 0 radical (unpaired) electrons. The van der Waals surface area contributed by atoms with Crippen LogP contribution in [0.1, 0.15) is 105 Å². The lowest BCUT2D eigenvalue weighted by molar-refractivity contribution is 0.00578. The fourth-order valence-electron chi connectivity index (χ4n) is 2.37. The summed E-state index contributed by atoms with van der Waals surface area (Å²) >= 11 is 0. The van der Waals surface area contributed by atoms with Gasteiger partial charge in [-0.1, -0.05) is 45.5 Å². The molecule has 0 N–H and O–H groups in total. The van der Waals surface area contributed by atoms with E-state index < -0.39 is 104 Å². The summed E-state index contributed by atoms with van der Waals surface area (Å²) in [5, 5.41) is 0. The highest BCUT2D eigenvalue weighted by Crippen LogP contribution is 2.45. The maximum absolute atomic E-state index is 9.07. The Balaban J connectivity index is 2.86. The fourth-order valence-corrected chi connectivity index (χ4v) is 2.37. The van der Waals surface area contributed by atoms with Crippen molar-refractivity contribution in [2.45, 2.75) is 89.9 Å². The van der Waals surface area contributed by atoms with Gasteiger partial charge in [0.15, 0.2) is 0 Å². The lowest BCUT2D eigenvalue weighted by Crippen LogP contribution is -2.41. The van der Waals surface area contributed by atoms with Gasteiger partial charge in [0.25, 0.3) is 0 Å². The molecule has 0 amide bonds. The number of hydrogen-bond acceptors (Lipinski definition) is 2. The smallest absolute Gasteiger partial charge is 0.399 e. The molecule has 1 fully saturated rings. The summed E-state index contributed by atoms with van der Waals surface area (Å²) in [7, 11) is -1.75. The van der Waals surface area contributed by atoms with Crippen molar-refractivity contribution in [2.24, 2.45) is 0 Å². The maximum Gasteiger partial charge on any atom is 0.494 e. The van der Waals surface area contributed by atoms with Crippen LogP contribution in [0.4, 0.5) is 0 Å². The van der Waals surface area contributed by atoms with Crippen LogP contribution in [-0.4, -0.2) is 18.3 Å². The highest BCUT2D eigenvalue weighted by molar-refractivity contribution is 6.62. The molecule has 3 rings (SSSR count). The number of benzene rings is 1. The standard InChI is InChI=1S/C20H31BO2/c1-17(2)11-12-18(3,4)16-13-14(9-10-15(16)17)21-22-19(5,6)20(7,8)23-21/h9-10,13H,11-12H2,1-8H3/i1D3,2D3,3D3,4D3,9D,10D,11D2,12D2,13D. The van der Waals surface area contributed by atoms with E-state index >= 15 is 0 Å². The molecule has 0 bridgehead atoms. The first-order chi connectivity index (χ1) is 18.2. The molecule has 2 aliphatic rings. The Hall–Kier alpha value is -0.795. The van der Waals surface area contributed by atoms with Crippen LogP contribution in [0.15, 0.2) is 18.1 Å². The predicted molar refractivity (Wildman–Crippen MR) is 97.4 cm³/mol. The van der Waals surface area contributed by atoms with Gasteiger partial charge < -0.3 is 9.31 Å². The molecule has 1 aromatic carbocycles. The van der Waals surface area contributed by atoms with Crippen molar-refractivity contribution < 1.29 is 35.4 Å². The van der Waals surface area contributed by atoms with Crippen molar-refractivity contribution in [1.82, 2.24) is 0 Å². The molecule has 1 aliphatic heterocycles. The molecule has 1 aliphatic carbocycles. The van der Waals surface area contributed by atoms with Gasteiger partial charge >= 0.3 is 7.12 Å². The zero-order chi connectivity index (χ0) is 33.5. The van der Waals surface area contributed by atoms with Gasteiger partial charge in [-0.3, -0.25) is 0 Å². The number of rotatable bonds is 1. The molecule has 0 spiro atoms. The maximum atomic E-state index is 9.07. The summed E-state index contributed by atoms with van der Waals surface area (Å²) in [6.07, 6.45) is -8.74. The highest BCUT2D eigenvalue weighted by atomic mass is 16.7. The van der Waals surface area contributed by atoms with Crippen LogP contribution in [0.5, 0.6) is 0 Å². The van der Waals surface area contributed by atoms with Gasteiger partial charge in [0.05, 0.1) is 15.3 Å². The van der Waals surface area contributed by atoms with Crippen molar-refractivity contribution in [1.29, 1.82) is 0 Å². The second-order valence-electron chi connectivity index (χ2n) is 6.88. The van der Waals surface area contributed by atoms with Gasteiger partial charge in [-0.05, 0) is 67.9 Å². The van der Waals surface area contributed by atoms with Crippen molar-refractivity contribution in [3.63, 3.8) is 0 Å². The monoisotopic (exact) mass is 333 g/mol. The number of hydrogen-bond donors (Lipinski definition) is 0. The molecule has 0 aromatic heterocycles. The van der Waals surface area contributed by atoms with Crippen LogP contribution in [0.25, 0.3) is 0 Å². The van der Waals surface area contributed by atoms with Crippen LogP contribution in [-0.2, 0) is 20.1 Å². The molecule has 1 heterocycles. The molecule has 2 nitrogen and oxygen atoms in total. The third kappa shape index (κ3) is 2.66. The van der Waals surface area contributed by atoms with Gasteiger partial charge in [-0.25, -0.2) is 0 Å². The van der Waals surface area contributed by atoms with E-state index in [1.807, 2.05) is 0 Å². The van der Waals surface area contributed by atoms with Gasteiger partial charge in [0, 0.05) is 21.9 Å². The average molecular weight is 333 g/mol. The Morgan fingerprint density at radius 2 is 1.48 bits per heavy atom. The van der Waals surface area contributed by atoms with Crippen molar-refractivity contribution in [2.75, 3.05) is 0 Å². The van der Waals surface area contributed by atoms with Gasteiger partial charge in [0.2, 0.25) is 0 Å². The summed E-state index contributed by atoms with van der Waals surface area (Å²) in [6.45, 7) is -10.1. The zero-order valence-electron chi connectivity index (χ0n) is 32.4. The normalized spacial score (nSPS) is 45.6. The number of fused-ring (bicyclic) bond motifs is 1. The lowest BCUT2D eigenvalue weighted by Gasteiger charge is -2.42. The topological polar surface area (TPSA) is 18.5 Å². The summed E-state index contributed by atoms with van der Waals surface area (Å²) in [5.41, 5.74) is -14.4. The van der Waals surface area contributed by atoms with E-state index in [-0.39, 0.29) is 0 Å². The summed E-state index contributed by atoms with van der Waals surface area (Å²) in [4.78, 5) is 0. The van der Waals surface area contributed by atoms with Gasteiger partial charge in [-0.15, -0.1) is 0 Å². The molecule has 1 aromatic rings. The molecule has 1 saturated heterocycles. The van der Waals surface area contributed by atoms with E-state index in [1.54, 1.807) is 27.7 Å². The average Bonchev–Trinajstić information content (AvgIpc) is 2.90. The molecule has 0 saturated carbocycles. The molecule has 0 unspecified atom stereocenters. The van der Waals surface area contributed by atoms with Gasteiger partial charge in [-0.2, -0.15) is 0 Å². The minimum Gasteiger partial charge on any atom is -0.399 e. The van der Waals surface area contributed by atoms with E-state index in [0.717, 1.165) is 0 Å². The minimum absolute atomic E-state index is 0.765. The Kier molecular flexibility index (Phi) is 1.13. The second-order valence-corrected chi connectivity index (χ2v) is 6.88. The molecule has 0 atom stereocenters. The molecule has 3 heteroatoms. The van der Waals surface area contributed by atoms with E-state index in [9.17, 15) is 0 Å². The molecular weight excluding hydrogens is 283 g/mol. The molecule has 126 valence electrons. The van der Waals surface area contributed by atoms with E-state index in [1.165, 1.54) is 0 Å². The van der Waals surface area contributed by atoms with Crippen LogP contribution in [0, 0.1) is 0 Å². The van der Waals surface area contributed by atoms with Crippen molar-refractivity contribution in [3.8, 4) is 0 Å². The SMILES string of the molecule is [2H]c1c([2H])c2c(c([2H])c1B1OC(C)(C)C(C)(C)O1)C(C([2H])([2H])[2H])(C([2H])([2H])[2H])C([2H])([2H])C([2H])([2H])C2(C([2H])([2H])[2H])C([2H])([2H])[2H]. The summed E-state index contributed by atoms with van der Waals surface area (Å²) in [6, 6.07) is -3.82. The first-order valence-corrected chi connectivity index (χ1v) is 7.17. The first kappa shape index (κ1) is 5.35. The quantitative estimate of drug-likeness (QED) is 0.712. The Morgan fingerprint density at radius 3 is 2.00 bits per heavy atom. The third-order valence-corrected chi connectivity index (χ3v) is 4.51. The Bertz CT molecular complexity index is 1240. The van der Waals surface area contributed by atoms with Gasteiger partial charge in [0.1, 0.15) is 0 Å². The van der Waals surface area contributed by atoms with Crippen LogP contribution in [0.2, 0.25) is 0 Å². The molecular formula is C20H31BO2. The van der Waals surface area contributed by atoms with Crippen LogP contribution in [0.3, 0.4) is 0 Å². The highest BCUT2D eigenvalue weighted by Gasteiger charge is 2.52. The van der Waals surface area contributed by atoms with E-state index in [4.69, 9.17) is 35.4 Å². The van der Waals surface area contributed by atoms with E-state index in [2.05, 4.69) is 0 Å². The predicted octanol–water partition coefficient (Wildman–Crippen LogP) is 4.33.